The Balaban J connectivity index is 1.46. The van der Waals surface area contributed by atoms with Crippen LogP contribution in [0, 0.1) is 13.8 Å². The lowest BCUT2D eigenvalue weighted by Crippen LogP contribution is -2.25. The molecule has 0 fully saturated rings. The van der Waals surface area contributed by atoms with Gasteiger partial charge < -0.3 is 19.6 Å². The monoisotopic (exact) mass is 446 g/mol. The number of hydrogen-bond acceptors (Lipinski definition) is 4. The maximum absolute atomic E-state index is 2.33. The van der Waals surface area contributed by atoms with Crippen molar-refractivity contribution < 1.29 is 0 Å². The van der Waals surface area contributed by atoms with E-state index in [1.165, 1.54) is 67.8 Å². The fraction of sp³-hybridized carbons (Fsp3) is 0.200. The molecule has 4 nitrogen and oxygen atoms in total. The number of rotatable bonds is 1. The predicted octanol–water partition coefficient (Wildman–Crippen LogP) is 7.67. The number of benzene rings is 4. The third-order valence-electron chi connectivity index (χ3n) is 7.56. The molecule has 0 atom stereocenters. The molecule has 0 bridgehead atoms. The molecule has 170 valence electrons. The van der Waals surface area contributed by atoms with Gasteiger partial charge in [0.05, 0.1) is 45.5 Å². The first-order chi connectivity index (χ1) is 16.4. The van der Waals surface area contributed by atoms with E-state index in [0.717, 1.165) is 0 Å². The van der Waals surface area contributed by atoms with Crippen LogP contribution in [0.3, 0.4) is 0 Å². The summed E-state index contributed by atoms with van der Waals surface area (Å²) in [6, 6.07) is 26.7. The van der Waals surface area contributed by atoms with Gasteiger partial charge in [-0.15, -0.1) is 0 Å². The van der Waals surface area contributed by atoms with E-state index in [-0.39, 0.29) is 0 Å². The van der Waals surface area contributed by atoms with Crippen LogP contribution < -0.4 is 19.6 Å². The molecule has 2 aliphatic heterocycles. The van der Waals surface area contributed by atoms with Crippen LogP contribution in [0.5, 0.6) is 0 Å². The Morgan fingerprint density at radius 1 is 0.412 bits per heavy atom. The minimum atomic E-state index is 1.23. The molecule has 0 radical (unpaired) electrons. The Bertz CT molecular complexity index is 1340. The Morgan fingerprint density at radius 3 is 1.24 bits per heavy atom. The Morgan fingerprint density at radius 2 is 0.824 bits per heavy atom. The molecule has 34 heavy (non-hydrogen) atoms. The molecule has 4 heteroatoms. The summed E-state index contributed by atoms with van der Waals surface area (Å²) in [6.07, 6.45) is 0. The summed E-state index contributed by atoms with van der Waals surface area (Å²) >= 11 is 0. The number of hydrogen-bond donors (Lipinski definition) is 0. The zero-order valence-electron chi connectivity index (χ0n) is 20.7. The SMILES string of the molecule is Cc1cccc2c1N(C)c1cc(-c3ccc4c(c3)N(C)c3c(C)cccc3N4C)ccc1N2C. The lowest BCUT2D eigenvalue weighted by atomic mass is 9.98. The minimum Gasteiger partial charge on any atom is -0.341 e. The lowest BCUT2D eigenvalue weighted by Gasteiger charge is -2.38. The van der Waals surface area contributed by atoms with Gasteiger partial charge in [-0.3, -0.25) is 0 Å². The van der Waals surface area contributed by atoms with E-state index in [4.69, 9.17) is 0 Å². The van der Waals surface area contributed by atoms with Gasteiger partial charge in [0.15, 0.2) is 0 Å². The minimum absolute atomic E-state index is 1.23. The van der Waals surface area contributed by atoms with Gasteiger partial charge in [-0.05, 0) is 72.5 Å². The van der Waals surface area contributed by atoms with Crippen molar-refractivity contribution in [3.63, 3.8) is 0 Å². The van der Waals surface area contributed by atoms with E-state index in [1.54, 1.807) is 0 Å². The Labute approximate surface area is 202 Å². The Hall–Kier alpha value is -3.92. The van der Waals surface area contributed by atoms with Crippen molar-refractivity contribution in [1.82, 2.24) is 0 Å². The van der Waals surface area contributed by atoms with E-state index in [2.05, 4.69) is 134 Å². The third-order valence-corrected chi connectivity index (χ3v) is 7.56. The molecule has 0 spiro atoms. The fourth-order valence-corrected chi connectivity index (χ4v) is 5.71. The van der Waals surface area contributed by atoms with Gasteiger partial charge in [0.2, 0.25) is 0 Å². The fourth-order valence-electron chi connectivity index (χ4n) is 5.71. The van der Waals surface area contributed by atoms with Gasteiger partial charge in [0.25, 0.3) is 0 Å². The normalized spacial score (nSPS) is 13.9. The van der Waals surface area contributed by atoms with Crippen molar-refractivity contribution in [1.29, 1.82) is 0 Å². The first-order valence-corrected chi connectivity index (χ1v) is 11.8. The molecule has 0 unspecified atom stereocenters. The average molecular weight is 447 g/mol. The van der Waals surface area contributed by atoms with E-state index >= 15 is 0 Å². The van der Waals surface area contributed by atoms with Crippen LogP contribution in [0.15, 0.2) is 72.8 Å². The molecule has 4 aromatic rings. The summed E-state index contributed by atoms with van der Waals surface area (Å²) in [5, 5.41) is 0. The standard InChI is InChI=1S/C30H30N4/c1-19-9-7-11-25-29(19)33(5)27-17-21(13-15-23(27)31(25)3)22-14-16-24-28(18-22)34(6)30-20(2)10-8-12-26(30)32(24)4/h7-18H,1-6H3. The summed E-state index contributed by atoms with van der Waals surface area (Å²) in [6.45, 7) is 4.38. The van der Waals surface area contributed by atoms with Crippen molar-refractivity contribution in [3.05, 3.63) is 83.9 Å². The highest BCUT2D eigenvalue weighted by Gasteiger charge is 2.27. The molecular formula is C30H30N4. The molecular weight excluding hydrogens is 416 g/mol. The zero-order valence-corrected chi connectivity index (χ0v) is 20.7. The Kier molecular flexibility index (Phi) is 4.43. The van der Waals surface area contributed by atoms with Gasteiger partial charge in [0, 0.05) is 28.2 Å². The van der Waals surface area contributed by atoms with Crippen LogP contribution in [0.25, 0.3) is 11.1 Å². The van der Waals surface area contributed by atoms with Crippen molar-refractivity contribution in [2.24, 2.45) is 0 Å². The summed E-state index contributed by atoms with van der Waals surface area (Å²) in [5.74, 6) is 0. The number of para-hydroxylation sites is 2. The second kappa shape index (κ2) is 7.29. The molecule has 4 aromatic carbocycles. The molecule has 6 rings (SSSR count). The molecule has 0 aromatic heterocycles. The molecule has 0 saturated heterocycles. The zero-order chi connectivity index (χ0) is 23.7. The second-order valence-electron chi connectivity index (χ2n) is 9.53. The topological polar surface area (TPSA) is 13.0 Å². The third kappa shape index (κ3) is 2.78. The molecule has 0 aliphatic carbocycles. The van der Waals surface area contributed by atoms with Crippen LogP contribution in [0.2, 0.25) is 0 Å². The highest BCUT2D eigenvalue weighted by atomic mass is 15.3. The highest BCUT2D eigenvalue weighted by molar-refractivity contribution is 5.98. The van der Waals surface area contributed by atoms with Gasteiger partial charge in [-0.25, -0.2) is 0 Å². The van der Waals surface area contributed by atoms with E-state index < -0.39 is 0 Å². The molecule has 0 N–H and O–H groups in total. The van der Waals surface area contributed by atoms with Gasteiger partial charge in [0.1, 0.15) is 0 Å². The van der Waals surface area contributed by atoms with E-state index in [0.29, 0.717) is 0 Å². The second-order valence-corrected chi connectivity index (χ2v) is 9.53. The molecule has 0 amide bonds. The molecule has 2 aliphatic rings. The molecule has 2 heterocycles. The first kappa shape index (κ1) is 20.7. The predicted molar refractivity (Wildman–Crippen MR) is 146 cm³/mol. The largest absolute Gasteiger partial charge is 0.341 e. The summed E-state index contributed by atoms with van der Waals surface area (Å²) in [4.78, 5) is 9.27. The van der Waals surface area contributed by atoms with Crippen LogP contribution in [0.1, 0.15) is 11.1 Å². The maximum atomic E-state index is 2.33. The van der Waals surface area contributed by atoms with E-state index in [1.807, 2.05) is 0 Å². The number of fused-ring (bicyclic) bond motifs is 4. The number of anilines is 8. The number of aryl methyl sites for hydroxylation is 2. The van der Waals surface area contributed by atoms with Crippen molar-refractivity contribution in [3.8, 4) is 11.1 Å². The van der Waals surface area contributed by atoms with E-state index in [9.17, 15) is 0 Å². The highest BCUT2D eigenvalue weighted by Crippen LogP contribution is 2.51. The lowest BCUT2D eigenvalue weighted by molar-refractivity contribution is 1.08. The van der Waals surface area contributed by atoms with Crippen molar-refractivity contribution in [2.75, 3.05) is 47.8 Å². The van der Waals surface area contributed by atoms with Gasteiger partial charge in [-0.2, -0.15) is 0 Å². The summed E-state index contributed by atoms with van der Waals surface area (Å²) in [5.41, 5.74) is 15.0. The van der Waals surface area contributed by atoms with Crippen molar-refractivity contribution in [2.45, 2.75) is 13.8 Å². The average Bonchev–Trinajstić information content (AvgIpc) is 2.85. The van der Waals surface area contributed by atoms with Crippen molar-refractivity contribution >= 4 is 45.5 Å². The summed E-state index contributed by atoms with van der Waals surface area (Å²) < 4.78 is 0. The van der Waals surface area contributed by atoms with Crippen LogP contribution in [0.4, 0.5) is 45.5 Å². The summed E-state index contributed by atoms with van der Waals surface area (Å²) in [7, 11) is 8.67. The quantitative estimate of drug-likeness (QED) is 0.297. The molecule has 0 saturated carbocycles. The smallest absolute Gasteiger partial charge is 0.0679 e. The van der Waals surface area contributed by atoms with Gasteiger partial charge >= 0.3 is 0 Å². The maximum Gasteiger partial charge on any atom is 0.0679 e. The van der Waals surface area contributed by atoms with Crippen LogP contribution in [-0.4, -0.2) is 28.2 Å². The van der Waals surface area contributed by atoms with Gasteiger partial charge in [-0.1, -0.05) is 36.4 Å². The van der Waals surface area contributed by atoms with Crippen LogP contribution in [-0.2, 0) is 0 Å². The van der Waals surface area contributed by atoms with Crippen LogP contribution >= 0.6 is 0 Å². The number of nitrogens with zero attached hydrogens (tertiary/aromatic N) is 4. The first-order valence-electron chi connectivity index (χ1n) is 11.8.